The van der Waals surface area contributed by atoms with Gasteiger partial charge in [0, 0.05) is 23.8 Å². The van der Waals surface area contributed by atoms with Gasteiger partial charge in [-0.1, -0.05) is 23.7 Å². The van der Waals surface area contributed by atoms with Crippen LogP contribution in [0, 0.1) is 0 Å². The number of amides is 2. The number of fused-ring (bicyclic) bond motifs is 1. The molecule has 3 aromatic carbocycles. The van der Waals surface area contributed by atoms with Crippen molar-refractivity contribution in [3.8, 4) is 11.4 Å². The number of aromatic nitrogens is 2. The number of halogens is 1. The van der Waals surface area contributed by atoms with Gasteiger partial charge in [-0.05, 0) is 81.7 Å². The average molecular weight is 520 g/mol. The molecule has 1 aromatic heterocycles. The molecule has 8 nitrogen and oxygen atoms in total. The van der Waals surface area contributed by atoms with Crippen LogP contribution in [-0.4, -0.2) is 59.7 Å². The van der Waals surface area contributed by atoms with E-state index < -0.39 is 6.04 Å². The van der Waals surface area contributed by atoms with Crippen LogP contribution in [0.5, 0.6) is 5.75 Å². The monoisotopic (exact) mass is 519 g/mol. The van der Waals surface area contributed by atoms with Crippen LogP contribution in [-0.2, 0) is 0 Å². The normalized spacial score (nSPS) is 11.9. The molecule has 1 heterocycles. The van der Waals surface area contributed by atoms with Gasteiger partial charge in [0.05, 0.1) is 29.7 Å². The third-order valence-electron chi connectivity index (χ3n) is 6.12. The molecule has 9 heteroatoms. The molecule has 0 saturated heterocycles. The lowest BCUT2D eigenvalue weighted by Crippen LogP contribution is -2.43. The molecule has 1 N–H and O–H groups in total. The highest BCUT2D eigenvalue weighted by Gasteiger charge is 2.27. The number of nitrogens with one attached hydrogen (secondary N) is 1. The summed E-state index contributed by atoms with van der Waals surface area (Å²) >= 11 is 6.12. The minimum atomic E-state index is -0.536. The minimum absolute atomic E-state index is 0.210. The first-order valence-electron chi connectivity index (χ1n) is 11.9. The van der Waals surface area contributed by atoms with Crippen molar-refractivity contribution >= 4 is 34.2 Å². The Hall–Kier alpha value is -3.88. The Balaban J connectivity index is 1.79. The first kappa shape index (κ1) is 26.2. The molecular weight excluding hydrogens is 490 g/mol. The van der Waals surface area contributed by atoms with Crippen molar-refractivity contribution in [3.63, 3.8) is 0 Å². The molecular formula is C28H30ClN5O3. The number of nitrogens with zero attached hydrogens (tertiary/aromatic N) is 4. The van der Waals surface area contributed by atoms with Gasteiger partial charge < -0.3 is 19.9 Å². The molecule has 4 aromatic rings. The van der Waals surface area contributed by atoms with Crippen LogP contribution in [0.25, 0.3) is 16.6 Å². The van der Waals surface area contributed by atoms with Crippen LogP contribution in [0.4, 0.5) is 10.5 Å². The van der Waals surface area contributed by atoms with E-state index in [0.717, 1.165) is 0 Å². The maximum atomic E-state index is 13.7. The van der Waals surface area contributed by atoms with Crippen LogP contribution in [0.1, 0.15) is 18.8 Å². The lowest BCUT2D eigenvalue weighted by Gasteiger charge is -2.31. The van der Waals surface area contributed by atoms with Gasteiger partial charge in [-0.2, -0.15) is 0 Å². The molecule has 0 aliphatic rings. The molecule has 2 amide bonds. The molecule has 4 rings (SSSR count). The number of hydrogen-bond donors (Lipinski definition) is 1. The number of benzene rings is 3. The summed E-state index contributed by atoms with van der Waals surface area (Å²) < 4.78 is 6.78. The predicted octanol–water partition coefficient (Wildman–Crippen LogP) is 5.20. The number of para-hydroxylation sites is 1. The second kappa shape index (κ2) is 11.5. The second-order valence-electron chi connectivity index (χ2n) is 8.94. The quantitative estimate of drug-likeness (QED) is 0.346. The molecule has 0 saturated carbocycles. The van der Waals surface area contributed by atoms with E-state index in [1.807, 2.05) is 38.1 Å². The van der Waals surface area contributed by atoms with Crippen molar-refractivity contribution in [1.82, 2.24) is 19.4 Å². The first-order chi connectivity index (χ1) is 17.8. The van der Waals surface area contributed by atoms with Crippen molar-refractivity contribution in [1.29, 1.82) is 0 Å². The number of hydrogen-bond acceptors (Lipinski definition) is 5. The summed E-state index contributed by atoms with van der Waals surface area (Å²) in [5.74, 6) is 1.15. The maximum Gasteiger partial charge on any atom is 0.322 e. The molecule has 0 aliphatic heterocycles. The fourth-order valence-corrected chi connectivity index (χ4v) is 4.18. The number of carbonyl (C=O) groups excluding carboxylic acids is 1. The Morgan fingerprint density at radius 2 is 1.70 bits per heavy atom. The smallest absolute Gasteiger partial charge is 0.322 e. The maximum absolute atomic E-state index is 13.7. The molecule has 0 spiro atoms. The Labute approximate surface area is 221 Å². The lowest BCUT2D eigenvalue weighted by molar-refractivity contribution is 0.181. The molecule has 1 unspecified atom stereocenters. The van der Waals surface area contributed by atoms with E-state index in [1.54, 1.807) is 77.2 Å². The Bertz CT molecular complexity index is 1440. The zero-order valence-corrected chi connectivity index (χ0v) is 22.1. The van der Waals surface area contributed by atoms with E-state index in [-0.39, 0.29) is 11.6 Å². The summed E-state index contributed by atoms with van der Waals surface area (Å²) in [6.45, 7) is 2.92. The van der Waals surface area contributed by atoms with E-state index in [4.69, 9.17) is 21.3 Å². The standard InChI is InChI=1S/C28H30ClN5O3/c1-19(33(18-17-32(2)3)28(36)30-21-11-15-23(37-4)16-12-21)26-31-25-8-6-5-7-24(25)27(35)34(26)22-13-9-20(29)10-14-22/h5-16,19H,17-18H2,1-4H3,(H,30,36). The number of urea groups is 1. The lowest BCUT2D eigenvalue weighted by atomic mass is 10.2. The number of rotatable bonds is 8. The van der Waals surface area contributed by atoms with Gasteiger partial charge in [0.15, 0.2) is 0 Å². The van der Waals surface area contributed by atoms with E-state index in [1.165, 1.54) is 0 Å². The number of anilines is 1. The van der Waals surface area contributed by atoms with Crippen molar-refractivity contribution in [2.24, 2.45) is 0 Å². The van der Waals surface area contributed by atoms with Gasteiger partial charge in [0.1, 0.15) is 11.6 Å². The first-order valence-corrected chi connectivity index (χ1v) is 12.3. The summed E-state index contributed by atoms with van der Waals surface area (Å²) in [7, 11) is 5.49. The van der Waals surface area contributed by atoms with Crippen molar-refractivity contribution in [2.45, 2.75) is 13.0 Å². The summed E-state index contributed by atoms with van der Waals surface area (Å²) in [6, 6.07) is 20.5. The molecule has 0 aliphatic carbocycles. The van der Waals surface area contributed by atoms with Gasteiger partial charge in [0.2, 0.25) is 0 Å². The van der Waals surface area contributed by atoms with Gasteiger partial charge in [-0.3, -0.25) is 9.36 Å². The van der Waals surface area contributed by atoms with E-state index in [0.29, 0.717) is 52.0 Å². The van der Waals surface area contributed by atoms with Crippen LogP contribution in [0.2, 0.25) is 5.02 Å². The SMILES string of the molecule is COc1ccc(NC(=O)N(CCN(C)C)C(C)c2nc3ccccc3c(=O)n2-c2ccc(Cl)cc2)cc1. The third kappa shape index (κ3) is 5.93. The minimum Gasteiger partial charge on any atom is -0.497 e. The number of likely N-dealkylation sites (N-methyl/N-ethyl adjacent to an activating group) is 1. The molecule has 1 atom stereocenters. The fraction of sp³-hybridized carbons (Fsp3) is 0.250. The van der Waals surface area contributed by atoms with Crippen LogP contribution < -0.4 is 15.6 Å². The van der Waals surface area contributed by atoms with Gasteiger partial charge in [0.25, 0.3) is 5.56 Å². The summed E-state index contributed by atoms with van der Waals surface area (Å²) in [4.78, 5) is 35.8. The molecule has 0 radical (unpaired) electrons. The zero-order chi connectivity index (χ0) is 26.5. The highest BCUT2D eigenvalue weighted by atomic mass is 35.5. The molecule has 192 valence electrons. The van der Waals surface area contributed by atoms with Gasteiger partial charge >= 0.3 is 6.03 Å². The highest BCUT2D eigenvalue weighted by molar-refractivity contribution is 6.30. The van der Waals surface area contributed by atoms with Crippen LogP contribution in [0.15, 0.2) is 77.6 Å². The molecule has 0 bridgehead atoms. The number of methoxy groups -OCH3 is 1. The number of ether oxygens (including phenoxy) is 1. The topological polar surface area (TPSA) is 79.7 Å². The van der Waals surface area contributed by atoms with Gasteiger partial charge in [-0.25, -0.2) is 9.78 Å². The molecule has 37 heavy (non-hydrogen) atoms. The van der Waals surface area contributed by atoms with Crippen molar-refractivity contribution in [2.75, 3.05) is 39.6 Å². The predicted molar refractivity (Wildman–Crippen MR) is 148 cm³/mol. The van der Waals surface area contributed by atoms with E-state index in [9.17, 15) is 9.59 Å². The second-order valence-corrected chi connectivity index (χ2v) is 9.37. The fourth-order valence-electron chi connectivity index (χ4n) is 4.06. The highest BCUT2D eigenvalue weighted by Crippen LogP contribution is 2.25. The van der Waals surface area contributed by atoms with Crippen LogP contribution in [0.3, 0.4) is 0 Å². The van der Waals surface area contributed by atoms with E-state index in [2.05, 4.69) is 5.32 Å². The summed E-state index contributed by atoms with van der Waals surface area (Å²) in [5, 5.41) is 4.02. The largest absolute Gasteiger partial charge is 0.497 e. The van der Waals surface area contributed by atoms with Crippen molar-refractivity contribution < 1.29 is 9.53 Å². The Kier molecular flexibility index (Phi) is 8.11. The zero-order valence-electron chi connectivity index (χ0n) is 21.3. The van der Waals surface area contributed by atoms with E-state index >= 15 is 0 Å². The Morgan fingerprint density at radius 1 is 1.03 bits per heavy atom. The Morgan fingerprint density at radius 3 is 2.35 bits per heavy atom. The van der Waals surface area contributed by atoms with Crippen molar-refractivity contribution in [3.05, 3.63) is 94.0 Å². The molecule has 0 fully saturated rings. The third-order valence-corrected chi connectivity index (χ3v) is 6.37. The average Bonchev–Trinajstić information content (AvgIpc) is 2.89. The van der Waals surface area contributed by atoms with Crippen LogP contribution >= 0.6 is 11.6 Å². The summed E-state index contributed by atoms with van der Waals surface area (Å²) in [6.07, 6.45) is 0. The summed E-state index contributed by atoms with van der Waals surface area (Å²) in [5.41, 5.74) is 1.62. The number of carbonyl (C=O) groups is 1. The van der Waals surface area contributed by atoms with Gasteiger partial charge in [-0.15, -0.1) is 0 Å².